The van der Waals surface area contributed by atoms with Crippen molar-refractivity contribution in [1.82, 2.24) is 15.5 Å². The van der Waals surface area contributed by atoms with Gasteiger partial charge < -0.3 is 26.0 Å². The number of para-hydroxylation sites is 1. The molecule has 0 aliphatic carbocycles. The molecule has 3 heterocycles. The van der Waals surface area contributed by atoms with E-state index in [1.165, 1.54) is 22.5 Å². The molecule has 4 N–H and O–H groups in total. The zero-order valence-electron chi connectivity index (χ0n) is 20.3. The summed E-state index contributed by atoms with van der Waals surface area (Å²) in [6.45, 7) is 2.53. The van der Waals surface area contributed by atoms with Gasteiger partial charge in [-0.05, 0) is 71.8 Å². The van der Waals surface area contributed by atoms with Crippen LogP contribution in [0.5, 0.6) is 5.75 Å². The third kappa shape index (κ3) is 5.27. The zero-order chi connectivity index (χ0) is 25.1. The Balaban J connectivity index is 1.36. The summed E-state index contributed by atoms with van der Waals surface area (Å²) in [6.07, 6.45) is 7.12. The van der Waals surface area contributed by atoms with E-state index in [1.807, 2.05) is 48.5 Å². The number of fused-ring (bicyclic) bond motifs is 1. The smallest absolute Gasteiger partial charge is 0.261 e. The molecule has 5 rings (SSSR count). The molecule has 2 aliphatic rings. The number of hydrogen-bond acceptors (Lipinski definition) is 6. The number of rotatable bonds is 7. The number of benzene rings is 2. The Hall–Kier alpha value is -3.68. The van der Waals surface area contributed by atoms with Crippen molar-refractivity contribution in [2.45, 2.75) is 25.4 Å². The lowest BCUT2D eigenvalue weighted by Gasteiger charge is -2.24. The third-order valence-corrected chi connectivity index (χ3v) is 7.81. The van der Waals surface area contributed by atoms with E-state index in [2.05, 4.69) is 28.8 Å². The van der Waals surface area contributed by atoms with Crippen LogP contribution in [0.4, 0.5) is 0 Å². The standard InChI is InChI=1S/C29H30N4O2S/c1-33-14-4-5-22(18-33)24(30)16-25(23-6-2-3-7-26(23)34)32-29(35)28-11-10-27(36-28)20-8-9-21-17-31-13-12-19(21)15-20/h2-11,14-15,25,30-31,34H,12-13,16-18H2,1H3,(H,32,35). The number of allylic oxidation sites excluding steroid dienone is 2. The molecule has 1 amide bonds. The van der Waals surface area contributed by atoms with Crippen molar-refractivity contribution >= 4 is 23.0 Å². The molecule has 2 aromatic carbocycles. The van der Waals surface area contributed by atoms with Gasteiger partial charge in [-0.1, -0.05) is 36.4 Å². The summed E-state index contributed by atoms with van der Waals surface area (Å²) in [5.74, 6) is -0.0928. The van der Waals surface area contributed by atoms with Crippen LogP contribution < -0.4 is 10.6 Å². The van der Waals surface area contributed by atoms with Crippen molar-refractivity contribution in [1.29, 1.82) is 5.41 Å². The second-order valence-corrected chi connectivity index (χ2v) is 10.4. The molecule has 0 saturated heterocycles. The second kappa shape index (κ2) is 10.5. The van der Waals surface area contributed by atoms with Gasteiger partial charge in [0.05, 0.1) is 10.9 Å². The number of carbonyl (C=O) groups is 1. The van der Waals surface area contributed by atoms with Gasteiger partial charge in [0.15, 0.2) is 0 Å². The van der Waals surface area contributed by atoms with Crippen LogP contribution in [0.2, 0.25) is 0 Å². The van der Waals surface area contributed by atoms with E-state index in [1.54, 1.807) is 18.2 Å². The highest BCUT2D eigenvalue weighted by molar-refractivity contribution is 7.17. The SMILES string of the molecule is CN1C=CC=C(C(=N)CC(NC(=O)c2ccc(-c3ccc4c(c3)CCNC4)s2)c2ccccc2O)C1. The number of nitrogens with one attached hydrogen (secondary N) is 3. The molecule has 36 heavy (non-hydrogen) atoms. The summed E-state index contributed by atoms with van der Waals surface area (Å²) in [4.78, 5) is 17.0. The topological polar surface area (TPSA) is 88.5 Å². The number of hydrogen-bond donors (Lipinski definition) is 4. The minimum atomic E-state index is -0.523. The Bertz CT molecular complexity index is 1360. The van der Waals surface area contributed by atoms with Crippen LogP contribution in [0.3, 0.4) is 0 Å². The molecule has 1 atom stereocenters. The first-order chi connectivity index (χ1) is 17.5. The fourth-order valence-corrected chi connectivity index (χ4v) is 5.61. The normalized spacial score (nSPS) is 15.7. The lowest BCUT2D eigenvalue weighted by Crippen LogP contribution is -2.31. The molecule has 0 radical (unpaired) electrons. The number of phenols is 1. The van der Waals surface area contributed by atoms with Gasteiger partial charge in [0, 0.05) is 42.7 Å². The lowest BCUT2D eigenvalue weighted by molar-refractivity contribution is 0.0941. The lowest BCUT2D eigenvalue weighted by atomic mass is 9.95. The molecule has 0 fully saturated rings. The monoisotopic (exact) mass is 498 g/mol. The highest BCUT2D eigenvalue weighted by atomic mass is 32.1. The number of aromatic hydroxyl groups is 1. The molecule has 0 saturated carbocycles. The largest absolute Gasteiger partial charge is 0.508 e. The van der Waals surface area contributed by atoms with Gasteiger partial charge in [0.1, 0.15) is 5.75 Å². The van der Waals surface area contributed by atoms with Crippen LogP contribution in [0, 0.1) is 5.41 Å². The van der Waals surface area contributed by atoms with Gasteiger partial charge in [-0.2, -0.15) is 0 Å². The van der Waals surface area contributed by atoms with E-state index in [4.69, 9.17) is 5.41 Å². The number of phenolic OH excluding ortho intramolecular Hbond substituents is 1. The number of thiophene rings is 1. The molecule has 1 aromatic heterocycles. The summed E-state index contributed by atoms with van der Waals surface area (Å²) in [5.41, 5.74) is 5.77. The van der Waals surface area contributed by atoms with Crippen LogP contribution in [0.15, 0.2) is 78.5 Å². The summed E-state index contributed by atoms with van der Waals surface area (Å²) < 4.78 is 0. The average Bonchev–Trinajstić information content (AvgIpc) is 3.39. The number of carbonyl (C=O) groups excluding carboxylic acids is 1. The van der Waals surface area contributed by atoms with Gasteiger partial charge in [0.25, 0.3) is 5.91 Å². The second-order valence-electron chi connectivity index (χ2n) is 9.29. The molecule has 0 bridgehead atoms. The van der Waals surface area contributed by atoms with Gasteiger partial charge in [-0.3, -0.25) is 4.79 Å². The van der Waals surface area contributed by atoms with Gasteiger partial charge in [-0.15, -0.1) is 11.3 Å². The van der Waals surface area contributed by atoms with E-state index in [9.17, 15) is 9.90 Å². The Morgan fingerprint density at radius 1 is 1.19 bits per heavy atom. The highest BCUT2D eigenvalue weighted by Crippen LogP contribution is 2.32. The predicted molar refractivity (Wildman–Crippen MR) is 146 cm³/mol. The van der Waals surface area contributed by atoms with E-state index in [0.717, 1.165) is 35.5 Å². The molecular weight excluding hydrogens is 468 g/mol. The van der Waals surface area contributed by atoms with Gasteiger partial charge >= 0.3 is 0 Å². The fraction of sp³-hybridized carbons (Fsp3) is 0.241. The molecular formula is C29H30N4O2S. The minimum Gasteiger partial charge on any atom is -0.508 e. The number of amides is 1. The molecule has 2 aliphatic heterocycles. The van der Waals surface area contributed by atoms with Crippen molar-refractivity contribution in [3.05, 3.63) is 100 Å². The van der Waals surface area contributed by atoms with Gasteiger partial charge in [-0.25, -0.2) is 0 Å². The Kier molecular flexibility index (Phi) is 7.02. The first kappa shape index (κ1) is 24.0. The Morgan fingerprint density at radius 2 is 2.06 bits per heavy atom. The fourth-order valence-electron chi connectivity index (χ4n) is 4.71. The number of likely N-dealkylation sites (N-methyl/N-ethyl adjacent to an activating group) is 1. The summed E-state index contributed by atoms with van der Waals surface area (Å²) in [6, 6.07) is 16.9. The first-order valence-electron chi connectivity index (χ1n) is 12.1. The van der Waals surface area contributed by atoms with E-state index in [0.29, 0.717) is 22.7 Å². The van der Waals surface area contributed by atoms with Crippen molar-refractivity contribution in [2.24, 2.45) is 0 Å². The van der Waals surface area contributed by atoms with Crippen molar-refractivity contribution in [3.63, 3.8) is 0 Å². The van der Waals surface area contributed by atoms with E-state index < -0.39 is 6.04 Å². The summed E-state index contributed by atoms with van der Waals surface area (Å²) in [5, 5.41) is 25.7. The van der Waals surface area contributed by atoms with Gasteiger partial charge in [0.2, 0.25) is 0 Å². The maximum atomic E-state index is 13.3. The van der Waals surface area contributed by atoms with Crippen LogP contribution in [0.25, 0.3) is 10.4 Å². The molecule has 3 aromatic rings. The van der Waals surface area contributed by atoms with E-state index >= 15 is 0 Å². The van der Waals surface area contributed by atoms with Crippen LogP contribution >= 0.6 is 11.3 Å². The Labute approximate surface area is 215 Å². The van der Waals surface area contributed by atoms with Crippen molar-refractivity contribution < 1.29 is 9.90 Å². The highest BCUT2D eigenvalue weighted by Gasteiger charge is 2.23. The quantitative estimate of drug-likeness (QED) is 0.344. The summed E-state index contributed by atoms with van der Waals surface area (Å²) in [7, 11) is 1.97. The van der Waals surface area contributed by atoms with Crippen molar-refractivity contribution in [2.75, 3.05) is 20.1 Å². The summed E-state index contributed by atoms with van der Waals surface area (Å²) >= 11 is 1.46. The maximum Gasteiger partial charge on any atom is 0.261 e. The van der Waals surface area contributed by atoms with Crippen LogP contribution in [-0.2, 0) is 13.0 Å². The third-order valence-electron chi connectivity index (χ3n) is 6.68. The van der Waals surface area contributed by atoms with Crippen molar-refractivity contribution in [3.8, 4) is 16.2 Å². The maximum absolute atomic E-state index is 13.3. The minimum absolute atomic E-state index is 0.112. The molecule has 7 heteroatoms. The van der Waals surface area contributed by atoms with E-state index in [-0.39, 0.29) is 18.1 Å². The van der Waals surface area contributed by atoms with Crippen LogP contribution in [0.1, 0.15) is 38.8 Å². The molecule has 6 nitrogen and oxygen atoms in total. The molecule has 1 unspecified atom stereocenters. The number of nitrogens with zero attached hydrogens (tertiary/aromatic N) is 1. The average molecular weight is 499 g/mol. The molecule has 184 valence electrons. The van der Waals surface area contributed by atoms with Crippen LogP contribution in [-0.4, -0.2) is 41.8 Å². The zero-order valence-corrected chi connectivity index (χ0v) is 21.1. The predicted octanol–water partition coefficient (Wildman–Crippen LogP) is 5.03. The first-order valence-corrected chi connectivity index (χ1v) is 13.0. The Morgan fingerprint density at radius 3 is 2.89 bits per heavy atom. The molecule has 0 spiro atoms.